The number of halogens is 1. The zero-order chi connectivity index (χ0) is 19.2. The zero-order valence-electron chi connectivity index (χ0n) is 17.3. The maximum atomic E-state index is 5.55. The Balaban J connectivity index is 0.00000280. The second kappa shape index (κ2) is 11.0. The Morgan fingerprint density at radius 1 is 1.21 bits per heavy atom. The SMILES string of the molecule is CN=C(NCC(C)N1CCOCC1C)NC(C)c1cccc2ccccc12.I. The topological polar surface area (TPSA) is 48.9 Å². The van der Waals surface area contributed by atoms with E-state index in [1.165, 1.54) is 16.3 Å². The van der Waals surface area contributed by atoms with Crippen LogP contribution in [0.4, 0.5) is 0 Å². The fourth-order valence-electron chi connectivity index (χ4n) is 3.86. The molecule has 3 rings (SSSR count). The molecule has 154 valence electrons. The van der Waals surface area contributed by atoms with Crippen LogP contribution in [-0.2, 0) is 4.74 Å². The van der Waals surface area contributed by atoms with Crippen molar-refractivity contribution < 1.29 is 4.74 Å². The molecule has 6 heteroatoms. The average molecular weight is 496 g/mol. The number of ether oxygens (including phenoxy) is 1. The van der Waals surface area contributed by atoms with Gasteiger partial charge in [-0.2, -0.15) is 0 Å². The first-order chi connectivity index (χ1) is 13.1. The van der Waals surface area contributed by atoms with Crippen molar-refractivity contribution in [3.05, 3.63) is 48.0 Å². The summed E-state index contributed by atoms with van der Waals surface area (Å²) in [5.41, 5.74) is 1.28. The summed E-state index contributed by atoms with van der Waals surface area (Å²) in [6.45, 7) is 10.1. The van der Waals surface area contributed by atoms with E-state index < -0.39 is 0 Å². The molecule has 28 heavy (non-hydrogen) atoms. The van der Waals surface area contributed by atoms with Crippen LogP contribution in [-0.4, -0.2) is 56.3 Å². The Bertz CT molecular complexity index is 777. The lowest BCUT2D eigenvalue weighted by molar-refractivity contribution is -0.0174. The van der Waals surface area contributed by atoms with E-state index in [0.29, 0.717) is 12.1 Å². The number of hydrogen-bond acceptors (Lipinski definition) is 3. The number of nitrogens with zero attached hydrogens (tertiary/aromatic N) is 2. The minimum atomic E-state index is 0. The van der Waals surface area contributed by atoms with Crippen LogP contribution in [0.15, 0.2) is 47.5 Å². The summed E-state index contributed by atoms with van der Waals surface area (Å²) >= 11 is 0. The molecule has 0 radical (unpaired) electrons. The normalized spacial score (nSPS) is 20.3. The quantitative estimate of drug-likeness (QED) is 0.376. The largest absolute Gasteiger partial charge is 0.379 e. The van der Waals surface area contributed by atoms with Crippen LogP contribution in [0.25, 0.3) is 10.8 Å². The molecule has 1 saturated heterocycles. The second-order valence-electron chi connectivity index (χ2n) is 7.40. The molecule has 0 aromatic heterocycles. The second-order valence-corrected chi connectivity index (χ2v) is 7.40. The van der Waals surface area contributed by atoms with Gasteiger partial charge >= 0.3 is 0 Å². The van der Waals surface area contributed by atoms with Crippen molar-refractivity contribution in [3.8, 4) is 0 Å². The lowest BCUT2D eigenvalue weighted by Gasteiger charge is -2.38. The number of morpholine rings is 1. The third-order valence-corrected chi connectivity index (χ3v) is 5.42. The molecule has 0 amide bonds. The van der Waals surface area contributed by atoms with Crippen molar-refractivity contribution in [2.45, 2.75) is 38.9 Å². The molecule has 0 aliphatic carbocycles. The van der Waals surface area contributed by atoms with Gasteiger partial charge in [-0.15, -0.1) is 24.0 Å². The van der Waals surface area contributed by atoms with E-state index in [1.807, 2.05) is 7.05 Å². The van der Waals surface area contributed by atoms with Crippen molar-refractivity contribution in [1.29, 1.82) is 0 Å². The number of hydrogen-bond donors (Lipinski definition) is 2. The van der Waals surface area contributed by atoms with Gasteiger partial charge < -0.3 is 15.4 Å². The van der Waals surface area contributed by atoms with Gasteiger partial charge in [0.25, 0.3) is 0 Å². The van der Waals surface area contributed by atoms with Gasteiger partial charge in [-0.3, -0.25) is 9.89 Å². The van der Waals surface area contributed by atoms with Crippen LogP contribution >= 0.6 is 24.0 Å². The van der Waals surface area contributed by atoms with E-state index in [1.54, 1.807) is 0 Å². The van der Waals surface area contributed by atoms with Crippen LogP contribution < -0.4 is 10.6 Å². The number of aliphatic imine (C=N–C) groups is 1. The van der Waals surface area contributed by atoms with E-state index >= 15 is 0 Å². The van der Waals surface area contributed by atoms with Crippen LogP contribution in [0.1, 0.15) is 32.4 Å². The smallest absolute Gasteiger partial charge is 0.191 e. The molecule has 0 bridgehead atoms. The monoisotopic (exact) mass is 496 g/mol. The highest BCUT2D eigenvalue weighted by Crippen LogP contribution is 2.23. The maximum absolute atomic E-state index is 5.55. The Morgan fingerprint density at radius 3 is 2.71 bits per heavy atom. The van der Waals surface area contributed by atoms with Crippen LogP contribution in [0, 0.1) is 0 Å². The van der Waals surface area contributed by atoms with Crippen molar-refractivity contribution in [3.63, 3.8) is 0 Å². The van der Waals surface area contributed by atoms with E-state index in [4.69, 9.17) is 4.74 Å². The van der Waals surface area contributed by atoms with E-state index in [0.717, 1.165) is 32.3 Å². The van der Waals surface area contributed by atoms with Gasteiger partial charge in [-0.25, -0.2) is 0 Å². The molecule has 1 fully saturated rings. The lowest BCUT2D eigenvalue weighted by Crippen LogP contribution is -2.53. The van der Waals surface area contributed by atoms with Gasteiger partial charge in [0.2, 0.25) is 0 Å². The van der Waals surface area contributed by atoms with Gasteiger partial charge in [-0.05, 0) is 37.1 Å². The third kappa shape index (κ3) is 5.58. The summed E-state index contributed by atoms with van der Waals surface area (Å²) in [6, 6.07) is 16.0. The van der Waals surface area contributed by atoms with Crippen molar-refractivity contribution in [2.75, 3.05) is 33.4 Å². The van der Waals surface area contributed by atoms with Crippen molar-refractivity contribution in [1.82, 2.24) is 15.5 Å². The Labute approximate surface area is 185 Å². The van der Waals surface area contributed by atoms with Gasteiger partial charge in [0.1, 0.15) is 0 Å². The Kier molecular flexibility index (Phi) is 8.98. The third-order valence-electron chi connectivity index (χ3n) is 5.42. The molecule has 5 nitrogen and oxygen atoms in total. The van der Waals surface area contributed by atoms with Crippen molar-refractivity contribution in [2.24, 2.45) is 4.99 Å². The highest BCUT2D eigenvalue weighted by atomic mass is 127. The highest BCUT2D eigenvalue weighted by molar-refractivity contribution is 14.0. The standard InChI is InChI=1S/C22H32N4O.HI/c1-16(26-12-13-27-15-17(26)2)14-24-22(23-4)25-18(3)20-11-7-9-19-8-5-6-10-21(19)20;/h5-11,16-18H,12-15H2,1-4H3,(H2,23,24,25);1H. The summed E-state index contributed by atoms with van der Waals surface area (Å²) in [5.74, 6) is 0.836. The molecule has 2 N–H and O–H groups in total. The first kappa shape index (κ1) is 22.9. The molecular weight excluding hydrogens is 463 g/mol. The maximum Gasteiger partial charge on any atom is 0.191 e. The van der Waals surface area contributed by atoms with Crippen LogP contribution in [0.5, 0.6) is 0 Å². The van der Waals surface area contributed by atoms with Gasteiger partial charge in [-0.1, -0.05) is 42.5 Å². The molecule has 3 unspecified atom stereocenters. The zero-order valence-corrected chi connectivity index (χ0v) is 19.6. The summed E-state index contributed by atoms with van der Waals surface area (Å²) in [4.78, 5) is 6.92. The number of fused-ring (bicyclic) bond motifs is 1. The van der Waals surface area contributed by atoms with Crippen LogP contribution in [0.2, 0.25) is 0 Å². The van der Waals surface area contributed by atoms with Crippen molar-refractivity contribution >= 4 is 40.7 Å². The number of rotatable bonds is 5. The molecule has 0 saturated carbocycles. The number of benzene rings is 2. The van der Waals surface area contributed by atoms with Gasteiger partial charge in [0, 0.05) is 32.2 Å². The van der Waals surface area contributed by atoms with Gasteiger partial charge in [0.15, 0.2) is 5.96 Å². The fourth-order valence-corrected chi connectivity index (χ4v) is 3.86. The molecule has 1 aliphatic rings. The molecule has 3 atom stereocenters. The molecule has 1 heterocycles. The Hall–Kier alpha value is -1.38. The Morgan fingerprint density at radius 2 is 1.96 bits per heavy atom. The fraction of sp³-hybridized carbons (Fsp3) is 0.500. The van der Waals surface area contributed by atoms with E-state index in [2.05, 4.69) is 83.8 Å². The molecular formula is C22H33IN4O. The number of nitrogens with one attached hydrogen (secondary N) is 2. The minimum Gasteiger partial charge on any atom is -0.379 e. The lowest BCUT2D eigenvalue weighted by atomic mass is 10.00. The molecule has 0 spiro atoms. The van der Waals surface area contributed by atoms with Crippen LogP contribution in [0.3, 0.4) is 0 Å². The summed E-state index contributed by atoms with van der Waals surface area (Å²) in [5, 5.41) is 9.58. The molecule has 1 aliphatic heterocycles. The molecule has 2 aromatic carbocycles. The van der Waals surface area contributed by atoms with E-state index in [-0.39, 0.29) is 30.0 Å². The predicted molar refractivity (Wildman–Crippen MR) is 129 cm³/mol. The summed E-state index contributed by atoms with van der Waals surface area (Å²) in [6.07, 6.45) is 0. The average Bonchev–Trinajstić information content (AvgIpc) is 2.70. The van der Waals surface area contributed by atoms with E-state index in [9.17, 15) is 0 Å². The first-order valence-electron chi connectivity index (χ1n) is 9.88. The minimum absolute atomic E-state index is 0. The highest BCUT2D eigenvalue weighted by Gasteiger charge is 2.23. The molecule has 2 aromatic rings. The first-order valence-corrected chi connectivity index (χ1v) is 9.88. The predicted octanol–water partition coefficient (Wildman–Crippen LogP) is 3.79. The number of guanidine groups is 1. The summed E-state index contributed by atoms with van der Waals surface area (Å²) in [7, 11) is 1.83. The summed E-state index contributed by atoms with van der Waals surface area (Å²) < 4.78 is 5.55. The van der Waals surface area contributed by atoms with Gasteiger partial charge in [0.05, 0.1) is 19.3 Å².